The molecule has 5 nitrogen and oxygen atoms in total. The van der Waals surface area contributed by atoms with Crippen molar-refractivity contribution >= 4 is 11.7 Å². The summed E-state index contributed by atoms with van der Waals surface area (Å²) in [7, 11) is 0. The number of carbonyl (C=O) groups is 1. The molecule has 0 aliphatic heterocycles. The average Bonchev–Trinajstić information content (AvgIpc) is 2.99. The van der Waals surface area contributed by atoms with E-state index in [1.165, 1.54) is 12.8 Å². The van der Waals surface area contributed by atoms with Gasteiger partial charge in [0, 0.05) is 25.3 Å². The lowest BCUT2D eigenvalue weighted by molar-refractivity contribution is -0.119. The van der Waals surface area contributed by atoms with Gasteiger partial charge in [0.05, 0.1) is 6.54 Å². The van der Waals surface area contributed by atoms with Crippen molar-refractivity contribution in [1.29, 1.82) is 0 Å². The Balaban J connectivity index is 1.96. The van der Waals surface area contributed by atoms with Crippen LogP contribution in [0.3, 0.4) is 0 Å². The van der Waals surface area contributed by atoms with Gasteiger partial charge in [0.2, 0.25) is 5.91 Å². The number of primary amides is 1. The van der Waals surface area contributed by atoms with E-state index in [4.69, 9.17) is 5.73 Å². The molecule has 2 rings (SSSR count). The third-order valence-electron chi connectivity index (χ3n) is 3.97. The van der Waals surface area contributed by atoms with Gasteiger partial charge in [-0.1, -0.05) is 25.8 Å². The van der Waals surface area contributed by atoms with Crippen molar-refractivity contribution in [1.82, 2.24) is 9.88 Å². The van der Waals surface area contributed by atoms with E-state index in [1.807, 2.05) is 12.3 Å². The number of carbonyl (C=O) groups excluding carboxylic acids is 1. The minimum absolute atomic E-state index is 0.254. The van der Waals surface area contributed by atoms with Gasteiger partial charge in [-0.25, -0.2) is 4.98 Å². The number of hydrogen-bond donors (Lipinski definition) is 2. The number of nitrogens with zero attached hydrogens (tertiary/aromatic N) is 2. The maximum atomic E-state index is 11.3. The molecule has 3 N–H and O–H groups in total. The lowest BCUT2D eigenvalue weighted by Crippen LogP contribution is -2.39. The van der Waals surface area contributed by atoms with Crippen molar-refractivity contribution in [2.75, 3.05) is 18.4 Å². The van der Waals surface area contributed by atoms with Gasteiger partial charge in [0.15, 0.2) is 0 Å². The molecule has 0 aromatic carbocycles. The molecule has 0 radical (unpaired) electrons. The van der Waals surface area contributed by atoms with E-state index in [1.54, 1.807) is 0 Å². The number of anilines is 1. The SMILES string of the molecule is CCCNc1ccc(CN(CC(N)=O)C2CCCC2)cn1. The molecule has 0 bridgehead atoms. The van der Waals surface area contributed by atoms with Crippen LogP contribution in [-0.4, -0.2) is 34.9 Å². The summed E-state index contributed by atoms with van der Waals surface area (Å²) < 4.78 is 0. The standard InChI is InChI=1S/C16H26N4O/c1-2-9-18-16-8-7-13(10-19-16)11-20(12-15(17)21)14-5-3-4-6-14/h7-8,10,14H,2-6,9,11-12H2,1H3,(H2,17,21)(H,18,19). The summed E-state index contributed by atoms with van der Waals surface area (Å²) >= 11 is 0. The first-order valence-electron chi connectivity index (χ1n) is 7.90. The van der Waals surface area contributed by atoms with E-state index < -0.39 is 0 Å². The normalized spacial score (nSPS) is 15.5. The largest absolute Gasteiger partial charge is 0.370 e. The fourth-order valence-electron chi connectivity index (χ4n) is 2.89. The van der Waals surface area contributed by atoms with E-state index in [-0.39, 0.29) is 5.91 Å². The molecule has 1 aliphatic carbocycles. The van der Waals surface area contributed by atoms with Crippen molar-refractivity contribution in [3.63, 3.8) is 0 Å². The summed E-state index contributed by atoms with van der Waals surface area (Å²) in [6, 6.07) is 4.56. The van der Waals surface area contributed by atoms with Gasteiger partial charge in [-0.3, -0.25) is 9.69 Å². The lowest BCUT2D eigenvalue weighted by Gasteiger charge is -2.27. The summed E-state index contributed by atoms with van der Waals surface area (Å²) in [5.41, 5.74) is 6.52. The summed E-state index contributed by atoms with van der Waals surface area (Å²) in [5.74, 6) is 0.652. The second-order valence-electron chi connectivity index (χ2n) is 5.79. The molecule has 1 aliphatic rings. The fraction of sp³-hybridized carbons (Fsp3) is 0.625. The predicted octanol–water partition coefficient (Wildman–Crippen LogP) is 2.13. The zero-order valence-electron chi connectivity index (χ0n) is 12.8. The highest BCUT2D eigenvalue weighted by Crippen LogP contribution is 2.24. The first-order valence-corrected chi connectivity index (χ1v) is 7.90. The fourth-order valence-corrected chi connectivity index (χ4v) is 2.89. The molecule has 0 saturated heterocycles. The molecule has 5 heteroatoms. The van der Waals surface area contributed by atoms with Gasteiger partial charge in [-0.15, -0.1) is 0 Å². The number of hydrogen-bond acceptors (Lipinski definition) is 4. The van der Waals surface area contributed by atoms with Crippen molar-refractivity contribution < 1.29 is 4.79 Å². The lowest BCUT2D eigenvalue weighted by atomic mass is 10.1. The molecule has 1 saturated carbocycles. The van der Waals surface area contributed by atoms with Crippen molar-refractivity contribution in [2.24, 2.45) is 5.73 Å². The first kappa shape index (κ1) is 15.8. The van der Waals surface area contributed by atoms with Crippen LogP contribution in [0, 0.1) is 0 Å². The zero-order valence-corrected chi connectivity index (χ0v) is 12.8. The smallest absolute Gasteiger partial charge is 0.231 e. The predicted molar refractivity (Wildman–Crippen MR) is 84.9 cm³/mol. The molecule has 1 fully saturated rings. The quantitative estimate of drug-likeness (QED) is 0.769. The molecule has 0 atom stereocenters. The Morgan fingerprint density at radius 1 is 1.43 bits per heavy atom. The second kappa shape index (κ2) is 7.98. The van der Waals surface area contributed by atoms with E-state index in [0.717, 1.165) is 43.7 Å². The van der Waals surface area contributed by atoms with Gasteiger partial charge in [-0.05, 0) is 30.9 Å². The van der Waals surface area contributed by atoms with Crippen LogP contribution in [0.15, 0.2) is 18.3 Å². The minimum atomic E-state index is -0.254. The van der Waals surface area contributed by atoms with E-state index >= 15 is 0 Å². The van der Waals surface area contributed by atoms with Crippen LogP contribution in [-0.2, 0) is 11.3 Å². The number of nitrogens with one attached hydrogen (secondary N) is 1. The van der Waals surface area contributed by atoms with Gasteiger partial charge < -0.3 is 11.1 Å². The maximum absolute atomic E-state index is 11.3. The van der Waals surface area contributed by atoms with Crippen LogP contribution in [0.1, 0.15) is 44.6 Å². The Morgan fingerprint density at radius 3 is 2.76 bits per heavy atom. The van der Waals surface area contributed by atoms with Crippen LogP contribution < -0.4 is 11.1 Å². The maximum Gasteiger partial charge on any atom is 0.231 e. The molecule has 1 amide bonds. The molecule has 116 valence electrons. The van der Waals surface area contributed by atoms with Crippen LogP contribution in [0.4, 0.5) is 5.82 Å². The zero-order chi connectivity index (χ0) is 15.1. The third kappa shape index (κ3) is 5.01. The van der Waals surface area contributed by atoms with Gasteiger partial charge in [0.1, 0.15) is 5.82 Å². The highest BCUT2D eigenvalue weighted by Gasteiger charge is 2.23. The van der Waals surface area contributed by atoms with Gasteiger partial charge in [-0.2, -0.15) is 0 Å². The summed E-state index contributed by atoms with van der Waals surface area (Å²) in [4.78, 5) is 17.9. The number of pyridine rings is 1. The molecule has 1 aromatic rings. The minimum Gasteiger partial charge on any atom is -0.370 e. The number of amides is 1. The molecule has 0 spiro atoms. The Morgan fingerprint density at radius 2 is 2.19 bits per heavy atom. The number of rotatable bonds is 8. The Bertz CT molecular complexity index is 440. The van der Waals surface area contributed by atoms with Gasteiger partial charge >= 0.3 is 0 Å². The molecular weight excluding hydrogens is 264 g/mol. The average molecular weight is 290 g/mol. The Labute approximate surface area is 126 Å². The van der Waals surface area contributed by atoms with Crippen molar-refractivity contribution in [3.8, 4) is 0 Å². The van der Waals surface area contributed by atoms with Crippen LogP contribution in [0.2, 0.25) is 0 Å². The topological polar surface area (TPSA) is 71.2 Å². The Hall–Kier alpha value is -1.62. The van der Waals surface area contributed by atoms with E-state index in [2.05, 4.69) is 28.2 Å². The highest BCUT2D eigenvalue weighted by molar-refractivity contribution is 5.76. The molecule has 0 unspecified atom stereocenters. The first-order chi connectivity index (χ1) is 10.2. The number of nitrogens with two attached hydrogens (primary N) is 1. The van der Waals surface area contributed by atoms with E-state index in [9.17, 15) is 4.79 Å². The molecule has 21 heavy (non-hydrogen) atoms. The highest BCUT2D eigenvalue weighted by atomic mass is 16.1. The summed E-state index contributed by atoms with van der Waals surface area (Å²) in [6.45, 7) is 4.14. The van der Waals surface area contributed by atoms with Crippen LogP contribution in [0.25, 0.3) is 0 Å². The van der Waals surface area contributed by atoms with Crippen molar-refractivity contribution in [2.45, 2.75) is 51.6 Å². The van der Waals surface area contributed by atoms with Crippen LogP contribution >= 0.6 is 0 Å². The molecule has 1 heterocycles. The molecule has 1 aromatic heterocycles. The second-order valence-corrected chi connectivity index (χ2v) is 5.79. The van der Waals surface area contributed by atoms with Gasteiger partial charge in [0.25, 0.3) is 0 Å². The van der Waals surface area contributed by atoms with Crippen LogP contribution in [0.5, 0.6) is 0 Å². The summed E-state index contributed by atoms with van der Waals surface area (Å²) in [5, 5.41) is 3.26. The monoisotopic (exact) mass is 290 g/mol. The Kier molecular flexibility index (Phi) is 5.99. The molecular formula is C16H26N4O. The third-order valence-corrected chi connectivity index (χ3v) is 3.97. The van der Waals surface area contributed by atoms with E-state index in [0.29, 0.717) is 12.6 Å². The van der Waals surface area contributed by atoms with Crippen molar-refractivity contribution in [3.05, 3.63) is 23.9 Å². The summed E-state index contributed by atoms with van der Waals surface area (Å²) in [6.07, 6.45) is 7.79. The number of aromatic nitrogens is 1.